The summed E-state index contributed by atoms with van der Waals surface area (Å²) in [6, 6.07) is 0. The van der Waals surface area contributed by atoms with Crippen molar-refractivity contribution < 1.29 is 4.74 Å². The summed E-state index contributed by atoms with van der Waals surface area (Å²) in [4.78, 5) is 0. The number of ether oxygens (including phenoxy) is 1. The Hall–Kier alpha value is -0.0400. The first-order valence-electron chi connectivity index (χ1n) is 6.14. The van der Waals surface area contributed by atoms with Crippen LogP contribution in [0.15, 0.2) is 0 Å². The van der Waals surface area contributed by atoms with Gasteiger partial charge in [-0.3, -0.25) is 0 Å². The molecule has 14 heavy (non-hydrogen) atoms. The van der Waals surface area contributed by atoms with Crippen LogP contribution < -0.4 is 0 Å². The van der Waals surface area contributed by atoms with Crippen LogP contribution in [-0.2, 0) is 4.74 Å². The molecule has 0 aliphatic carbocycles. The Morgan fingerprint density at radius 1 is 1.00 bits per heavy atom. The molecule has 1 aliphatic rings. The van der Waals surface area contributed by atoms with Crippen molar-refractivity contribution in [3.8, 4) is 0 Å². The third-order valence-electron chi connectivity index (χ3n) is 4.15. The molecule has 5 atom stereocenters. The van der Waals surface area contributed by atoms with Crippen LogP contribution in [0.3, 0.4) is 0 Å². The van der Waals surface area contributed by atoms with Gasteiger partial charge in [0.1, 0.15) is 0 Å². The number of hydrogen-bond acceptors (Lipinski definition) is 1. The molecule has 0 N–H and O–H groups in total. The molecule has 1 saturated heterocycles. The Morgan fingerprint density at radius 3 is 2.00 bits per heavy atom. The molecular formula is C13H26O. The van der Waals surface area contributed by atoms with Crippen molar-refractivity contribution in [3.63, 3.8) is 0 Å². The van der Waals surface area contributed by atoms with E-state index in [2.05, 4.69) is 41.5 Å². The molecule has 0 aromatic rings. The third-order valence-corrected chi connectivity index (χ3v) is 4.15. The van der Waals surface area contributed by atoms with Crippen molar-refractivity contribution in [1.82, 2.24) is 0 Å². The maximum atomic E-state index is 6.19. The first-order chi connectivity index (χ1) is 6.49. The fourth-order valence-corrected chi connectivity index (χ4v) is 2.80. The lowest BCUT2D eigenvalue weighted by atomic mass is 9.73. The highest BCUT2D eigenvalue weighted by Gasteiger charge is 2.39. The van der Waals surface area contributed by atoms with Gasteiger partial charge in [-0.15, -0.1) is 0 Å². The first kappa shape index (κ1) is 12.0. The lowest BCUT2D eigenvalue weighted by Gasteiger charge is -2.45. The van der Waals surface area contributed by atoms with Gasteiger partial charge in [-0.2, -0.15) is 0 Å². The van der Waals surface area contributed by atoms with Crippen molar-refractivity contribution in [2.24, 2.45) is 23.7 Å². The van der Waals surface area contributed by atoms with E-state index in [0.717, 1.165) is 12.3 Å². The molecule has 0 radical (unpaired) electrons. The van der Waals surface area contributed by atoms with E-state index in [1.165, 1.54) is 0 Å². The van der Waals surface area contributed by atoms with Gasteiger partial charge in [0.05, 0.1) is 12.2 Å². The molecule has 0 saturated carbocycles. The van der Waals surface area contributed by atoms with Gasteiger partial charge in [0.25, 0.3) is 0 Å². The Bertz CT molecular complexity index is 174. The van der Waals surface area contributed by atoms with E-state index in [-0.39, 0.29) is 0 Å². The Labute approximate surface area is 89.2 Å². The molecule has 0 unspecified atom stereocenters. The smallest absolute Gasteiger partial charge is 0.0630 e. The summed E-state index contributed by atoms with van der Waals surface area (Å²) in [5, 5.41) is 0. The second-order valence-corrected chi connectivity index (χ2v) is 5.37. The van der Waals surface area contributed by atoms with Crippen molar-refractivity contribution in [3.05, 3.63) is 0 Å². The summed E-state index contributed by atoms with van der Waals surface area (Å²) < 4.78 is 6.19. The van der Waals surface area contributed by atoms with E-state index >= 15 is 0 Å². The summed E-state index contributed by atoms with van der Waals surface area (Å²) in [6.45, 7) is 13.9. The van der Waals surface area contributed by atoms with Crippen LogP contribution in [0, 0.1) is 23.7 Å². The zero-order valence-electron chi connectivity index (χ0n) is 10.6. The highest BCUT2D eigenvalue weighted by molar-refractivity contribution is 4.86. The summed E-state index contributed by atoms with van der Waals surface area (Å²) in [5.74, 6) is 2.85. The Balaban J connectivity index is 2.73. The van der Waals surface area contributed by atoms with E-state index in [4.69, 9.17) is 4.74 Å². The summed E-state index contributed by atoms with van der Waals surface area (Å²) in [5.41, 5.74) is 0. The molecule has 1 aliphatic heterocycles. The summed E-state index contributed by atoms with van der Waals surface area (Å²) in [6.07, 6.45) is 2.10. The maximum absolute atomic E-state index is 6.19. The monoisotopic (exact) mass is 198 g/mol. The molecule has 0 bridgehead atoms. The molecule has 0 amide bonds. The molecule has 0 spiro atoms. The normalized spacial score (nSPS) is 44.4. The zero-order chi connectivity index (χ0) is 10.9. The summed E-state index contributed by atoms with van der Waals surface area (Å²) >= 11 is 0. The van der Waals surface area contributed by atoms with E-state index in [1.54, 1.807) is 0 Å². The van der Waals surface area contributed by atoms with Crippen LogP contribution in [0.2, 0.25) is 0 Å². The van der Waals surface area contributed by atoms with E-state index in [1.807, 2.05) is 0 Å². The highest BCUT2D eigenvalue weighted by atomic mass is 16.5. The lowest BCUT2D eigenvalue weighted by Crippen LogP contribution is -2.46. The first-order valence-corrected chi connectivity index (χ1v) is 6.14. The molecule has 1 rings (SSSR count). The fraction of sp³-hybridized carbons (Fsp3) is 1.00. The second-order valence-electron chi connectivity index (χ2n) is 5.37. The summed E-state index contributed by atoms with van der Waals surface area (Å²) in [7, 11) is 0. The van der Waals surface area contributed by atoms with Crippen molar-refractivity contribution in [1.29, 1.82) is 0 Å². The minimum atomic E-state index is 0.464. The molecule has 1 fully saturated rings. The Kier molecular flexibility index (Phi) is 4.00. The second kappa shape index (κ2) is 4.65. The molecule has 84 valence electrons. The van der Waals surface area contributed by atoms with Crippen LogP contribution in [0.1, 0.15) is 48.0 Å². The van der Waals surface area contributed by atoms with Gasteiger partial charge in [0.2, 0.25) is 0 Å². The molecule has 1 heteroatoms. The molecule has 1 heterocycles. The average Bonchev–Trinajstić information content (AvgIpc) is 2.14. The SMILES string of the molecule is CC[C@H]1O[C@@H](C(C)C)[C@H](C)[C@@H](C)[C@@H]1C. The lowest BCUT2D eigenvalue weighted by molar-refractivity contribution is -0.149. The minimum absolute atomic E-state index is 0.464. The third kappa shape index (κ3) is 2.13. The van der Waals surface area contributed by atoms with Gasteiger partial charge < -0.3 is 4.74 Å². The highest BCUT2D eigenvalue weighted by Crippen LogP contribution is 2.38. The van der Waals surface area contributed by atoms with Crippen LogP contribution in [0.4, 0.5) is 0 Å². The molecule has 0 aromatic carbocycles. The largest absolute Gasteiger partial charge is 0.374 e. The predicted octanol–water partition coefficient (Wildman–Crippen LogP) is 3.73. The van der Waals surface area contributed by atoms with E-state index in [9.17, 15) is 0 Å². The van der Waals surface area contributed by atoms with Crippen LogP contribution in [-0.4, -0.2) is 12.2 Å². The van der Waals surface area contributed by atoms with Gasteiger partial charge in [0, 0.05) is 0 Å². The van der Waals surface area contributed by atoms with Gasteiger partial charge in [-0.05, 0) is 30.1 Å². The maximum Gasteiger partial charge on any atom is 0.0630 e. The molecule has 1 nitrogen and oxygen atoms in total. The van der Waals surface area contributed by atoms with Gasteiger partial charge in [-0.1, -0.05) is 41.5 Å². The molecular weight excluding hydrogens is 172 g/mol. The van der Waals surface area contributed by atoms with Crippen molar-refractivity contribution in [2.75, 3.05) is 0 Å². The average molecular weight is 198 g/mol. The minimum Gasteiger partial charge on any atom is -0.374 e. The Morgan fingerprint density at radius 2 is 1.57 bits per heavy atom. The van der Waals surface area contributed by atoms with Crippen LogP contribution in [0.25, 0.3) is 0 Å². The topological polar surface area (TPSA) is 9.23 Å². The van der Waals surface area contributed by atoms with E-state index < -0.39 is 0 Å². The zero-order valence-corrected chi connectivity index (χ0v) is 10.6. The molecule has 0 aromatic heterocycles. The number of hydrogen-bond donors (Lipinski definition) is 0. The quantitative estimate of drug-likeness (QED) is 0.657. The van der Waals surface area contributed by atoms with Crippen molar-refractivity contribution in [2.45, 2.75) is 60.2 Å². The van der Waals surface area contributed by atoms with E-state index in [0.29, 0.717) is 30.0 Å². The predicted molar refractivity (Wildman–Crippen MR) is 61.3 cm³/mol. The number of rotatable bonds is 2. The standard InChI is InChI=1S/C13H26O/c1-7-12-10(5)9(4)11(6)13(14-12)8(2)3/h8-13H,7H2,1-6H3/t9-,10-,11+,12+,13-/m0/s1. The van der Waals surface area contributed by atoms with Gasteiger partial charge >= 0.3 is 0 Å². The van der Waals surface area contributed by atoms with Crippen LogP contribution >= 0.6 is 0 Å². The van der Waals surface area contributed by atoms with Gasteiger partial charge in [0.15, 0.2) is 0 Å². The van der Waals surface area contributed by atoms with Gasteiger partial charge in [-0.25, -0.2) is 0 Å². The van der Waals surface area contributed by atoms with Crippen molar-refractivity contribution >= 4 is 0 Å². The fourth-order valence-electron chi connectivity index (χ4n) is 2.80. The van der Waals surface area contributed by atoms with Crippen LogP contribution in [0.5, 0.6) is 0 Å².